The molecule has 182 valence electrons. The first kappa shape index (κ1) is 24.0. The summed E-state index contributed by atoms with van der Waals surface area (Å²) in [6.45, 7) is 8.10. The normalized spacial score (nSPS) is 37.6. The fourth-order valence-electron chi connectivity index (χ4n) is 6.22. The van der Waals surface area contributed by atoms with Crippen molar-refractivity contribution in [2.75, 3.05) is 19.8 Å². The van der Waals surface area contributed by atoms with Crippen LogP contribution in [0.1, 0.15) is 53.4 Å². The average molecular weight is 461 g/mol. The third kappa shape index (κ3) is 3.44. The molecule has 2 fully saturated rings. The second kappa shape index (κ2) is 8.87. The average Bonchev–Trinajstić information content (AvgIpc) is 3.14. The van der Waals surface area contributed by atoms with Gasteiger partial charge in [0.15, 0.2) is 0 Å². The Balaban J connectivity index is 1.89. The van der Waals surface area contributed by atoms with Crippen molar-refractivity contribution < 1.29 is 29.0 Å². The van der Waals surface area contributed by atoms with E-state index in [1.807, 2.05) is 38.2 Å². The summed E-state index contributed by atoms with van der Waals surface area (Å²) < 4.78 is 12.3. The fourth-order valence-corrected chi connectivity index (χ4v) is 6.22. The number of fused-ring (bicyclic) bond motifs is 2. The van der Waals surface area contributed by atoms with Crippen LogP contribution in [0.4, 0.5) is 0 Å². The van der Waals surface area contributed by atoms with Crippen molar-refractivity contribution in [1.82, 2.24) is 9.80 Å². The number of ether oxygens (including phenoxy) is 2. The van der Waals surface area contributed by atoms with Crippen molar-refractivity contribution in [3.8, 4) is 0 Å². The Morgan fingerprint density at radius 1 is 1.09 bits per heavy atom. The summed E-state index contributed by atoms with van der Waals surface area (Å²) in [6, 6.07) is -1.56. The third-order valence-corrected chi connectivity index (χ3v) is 7.85. The van der Waals surface area contributed by atoms with Crippen LogP contribution < -0.4 is 0 Å². The molecule has 0 aromatic rings. The molecule has 0 bridgehead atoms. The van der Waals surface area contributed by atoms with Gasteiger partial charge in [-0.05, 0) is 33.1 Å². The SMILES string of the molecule is CCCC(C)N1CC=C[C@]23O[C@]4(CC)C=CCCOC(=O)[C@@H]4[C@H]2C(=O)N([C@H](C)CO)C3C1=O. The summed E-state index contributed by atoms with van der Waals surface area (Å²) in [5.41, 5.74) is -2.33. The van der Waals surface area contributed by atoms with Gasteiger partial charge < -0.3 is 24.4 Å². The molecule has 4 rings (SSSR count). The van der Waals surface area contributed by atoms with E-state index >= 15 is 0 Å². The summed E-state index contributed by atoms with van der Waals surface area (Å²) in [4.78, 5) is 44.6. The first-order valence-corrected chi connectivity index (χ1v) is 12.2. The molecule has 8 heteroatoms. The molecule has 2 amide bonds. The highest BCUT2D eigenvalue weighted by Crippen LogP contribution is 2.58. The molecule has 2 saturated heterocycles. The van der Waals surface area contributed by atoms with E-state index in [2.05, 4.69) is 6.92 Å². The zero-order chi connectivity index (χ0) is 24.0. The van der Waals surface area contributed by atoms with E-state index in [1.54, 1.807) is 11.8 Å². The Hall–Kier alpha value is -2.19. The molecule has 7 atom stereocenters. The van der Waals surface area contributed by atoms with Crippen LogP contribution in [0, 0.1) is 11.8 Å². The smallest absolute Gasteiger partial charge is 0.313 e. The molecule has 2 unspecified atom stereocenters. The first-order chi connectivity index (χ1) is 15.8. The van der Waals surface area contributed by atoms with Gasteiger partial charge in [0.2, 0.25) is 11.8 Å². The van der Waals surface area contributed by atoms with Crippen molar-refractivity contribution in [3.05, 3.63) is 24.3 Å². The molecular weight excluding hydrogens is 424 g/mol. The lowest BCUT2D eigenvalue weighted by Gasteiger charge is -2.41. The number of carbonyl (C=O) groups is 3. The molecule has 0 aromatic heterocycles. The van der Waals surface area contributed by atoms with Crippen molar-refractivity contribution in [3.63, 3.8) is 0 Å². The summed E-state index contributed by atoms with van der Waals surface area (Å²) in [5.74, 6) is -2.75. The number of carbonyl (C=O) groups excluding carboxylic acids is 3. The van der Waals surface area contributed by atoms with Gasteiger partial charge in [0.25, 0.3) is 0 Å². The molecule has 4 heterocycles. The van der Waals surface area contributed by atoms with E-state index in [1.165, 1.54) is 4.90 Å². The Morgan fingerprint density at radius 3 is 2.52 bits per heavy atom. The Morgan fingerprint density at radius 2 is 1.85 bits per heavy atom. The van der Waals surface area contributed by atoms with Gasteiger partial charge in [0.1, 0.15) is 23.2 Å². The molecule has 0 radical (unpaired) electrons. The van der Waals surface area contributed by atoms with Gasteiger partial charge in [-0.25, -0.2) is 0 Å². The zero-order valence-electron chi connectivity index (χ0n) is 20.0. The van der Waals surface area contributed by atoms with Crippen LogP contribution in [-0.4, -0.2) is 81.8 Å². The number of hydrogen-bond donors (Lipinski definition) is 1. The van der Waals surface area contributed by atoms with Gasteiger partial charge in [0, 0.05) is 12.6 Å². The number of rotatable bonds is 6. The lowest BCUT2D eigenvalue weighted by atomic mass is 9.73. The molecule has 33 heavy (non-hydrogen) atoms. The Labute approximate surface area is 195 Å². The molecular formula is C25H36N2O6. The molecule has 4 aliphatic heterocycles. The van der Waals surface area contributed by atoms with E-state index in [0.29, 0.717) is 19.4 Å². The first-order valence-electron chi connectivity index (χ1n) is 12.2. The molecule has 0 aromatic carbocycles. The zero-order valence-corrected chi connectivity index (χ0v) is 20.0. The Kier molecular flexibility index (Phi) is 6.44. The fraction of sp³-hybridized carbons (Fsp3) is 0.720. The Bertz CT molecular complexity index is 871. The van der Waals surface area contributed by atoms with Crippen LogP contribution in [0.3, 0.4) is 0 Å². The van der Waals surface area contributed by atoms with Crippen LogP contribution in [0.2, 0.25) is 0 Å². The topological polar surface area (TPSA) is 96.4 Å². The minimum Gasteiger partial charge on any atom is -0.465 e. The number of nitrogens with zero attached hydrogens (tertiary/aromatic N) is 2. The minimum atomic E-state index is -1.30. The second-order valence-corrected chi connectivity index (χ2v) is 9.79. The predicted molar refractivity (Wildman–Crippen MR) is 121 cm³/mol. The van der Waals surface area contributed by atoms with Crippen LogP contribution in [0.15, 0.2) is 24.3 Å². The monoisotopic (exact) mass is 460 g/mol. The number of aliphatic hydroxyl groups excluding tert-OH is 1. The summed E-state index contributed by atoms with van der Waals surface area (Å²) in [5, 5.41) is 9.96. The van der Waals surface area contributed by atoms with E-state index < -0.39 is 41.1 Å². The van der Waals surface area contributed by atoms with Gasteiger partial charge in [-0.15, -0.1) is 0 Å². The molecule has 1 spiro atoms. The molecule has 0 saturated carbocycles. The lowest BCUT2D eigenvalue weighted by molar-refractivity contribution is -0.163. The highest BCUT2D eigenvalue weighted by molar-refractivity contribution is 5.99. The van der Waals surface area contributed by atoms with Gasteiger partial charge in [-0.2, -0.15) is 0 Å². The number of hydrogen-bond acceptors (Lipinski definition) is 6. The minimum absolute atomic E-state index is 0.0113. The number of amides is 2. The van der Waals surface area contributed by atoms with Crippen molar-refractivity contribution in [2.24, 2.45) is 11.8 Å². The number of esters is 1. The van der Waals surface area contributed by atoms with Gasteiger partial charge in [-0.3, -0.25) is 14.4 Å². The highest BCUT2D eigenvalue weighted by atomic mass is 16.6. The second-order valence-electron chi connectivity index (χ2n) is 9.79. The third-order valence-electron chi connectivity index (χ3n) is 7.85. The predicted octanol–water partition coefficient (Wildman–Crippen LogP) is 1.82. The quantitative estimate of drug-likeness (QED) is 0.480. The van der Waals surface area contributed by atoms with E-state index in [-0.39, 0.29) is 31.1 Å². The van der Waals surface area contributed by atoms with Crippen LogP contribution in [0.5, 0.6) is 0 Å². The summed E-state index contributed by atoms with van der Waals surface area (Å²) >= 11 is 0. The van der Waals surface area contributed by atoms with Crippen molar-refractivity contribution in [2.45, 2.75) is 82.7 Å². The largest absolute Gasteiger partial charge is 0.465 e. The molecule has 4 aliphatic rings. The van der Waals surface area contributed by atoms with Gasteiger partial charge in [0.05, 0.1) is 25.2 Å². The van der Waals surface area contributed by atoms with E-state index in [9.17, 15) is 19.5 Å². The maximum atomic E-state index is 14.1. The maximum Gasteiger partial charge on any atom is 0.313 e. The van der Waals surface area contributed by atoms with Crippen LogP contribution in [-0.2, 0) is 23.9 Å². The van der Waals surface area contributed by atoms with Gasteiger partial charge >= 0.3 is 5.97 Å². The van der Waals surface area contributed by atoms with Crippen LogP contribution >= 0.6 is 0 Å². The molecule has 0 aliphatic carbocycles. The summed E-state index contributed by atoms with van der Waals surface area (Å²) in [6.07, 6.45) is 10.4. The molecule has 1 N–H and O–H groups in total. The van der Waals surface area contributed by atoms with E-state index in [4.69, 9.17) is 9.47 Å². The maximum absolute atomic E-state index is 14.1. The van der Waals surface area contributed by atoms with Crippen molar-refractivity contribution >= 4 is 17.8 Å². The van der Waals surface area contributed by atoms with Crippen molar-refractivity contribution in [1.29, 1.82) is 0 Å². The highest BCUT2D eigenvalue weighted by Gasteiger charge is 2.75. The number of cyclic esters (lactones) is 1. The van der Waals surface area contributed by atoms with Crippen LogP contribution in [0.25, 0.3) is 0 Å². The van der Waals surface area contributed by atoms with Gasteiger partial charge in [-0.1, -0.05) is 44.6 Å². The number of aliphatic hydroxyl groups is 1. The molecule has 8 nitrogen and oxygen atoms in total. The standard InChI is InChI=1S/C25H36N2O6/c1-5-10-16(3)26-13-9-12-25-18(21(29)27(17(4)15-28)20(25)22(26)30)19-23(31)32-14-8-7-11-24(19,6-2)33-25/h7,9,11-12,16-20,28H,5-6,8,10,13-15H2,1-4H3/t16?,17-,18+,19+,20?,24-,25+/m1/s1. The number of likely N-dealkylation sites (tertiary alicyclic amines) is 1. The lowest BCUT2D eigenvalue weighted by Crippen LogP contribution is -2.59. The summed E-state index contributed by atoms with van der Waals surface area (Å²) in [7, 11) is 0. The van der Waals surface area contributed by atoms with E-state index in [0.717, 1.165) is 12.8 Å².